The van der Waals surface area contributed by atoms with Gasteiger partial charge < -0.3 is 4.90 Å². The number of nitrogens with zero attached hydrogens (tertiary/aromatic N) is 4. The molecular weight excluding hydrogens is 272 g/mol. The molecule has 0 amide bonds. The van der Waals surface area contributed by atoms with Crippen LogP contribution in [0.15, 0.2) is 16.8 Å². The van der Waals surface area contributed by atoms with Crippen molar-refractivity contribution in [3.8, 4) is 6.07 Å². The molecule has 2 aliphatic heterocycles. The molecule has 2 rings (SSSR count). The molecule has 4 nitrogen and oxygen atoms in total. The van der Waals surface area contributed by atoms with E-state index in [-0.39, 0.29) is 0 Å². The molecular formula is C18H34N4. The van der Waals surface area contributed by atoms with E-state index in [1.54, 1.807) is 0 Å². The van der Waals surface area contributed by atoms with E-state index < -0.39 is 0 Å². The largest absolute Gasteiger partial charge is 0.300 e. The molecule has 0 aromatic rings. The molecule has 4 heteroatoms. The van der Waals surface area contributed by atoms with Gasteiger partial charge in [-0.05, 0) is 19.8 Å². The van der Waals surface area contributed by atoms with Crippen molar-refractivity contribution >= 4 is 6.21 Å². The third-order valence-electron chi connectivity index (χ3n) is 3.72. The van der Waals surface area contributed by atoms with E-state index in [1.807, 2.05) is 27.7 Å². The first-order chi connectivity index (χ1) is 10.8. The minimum absolute atomic E-state index is 0.571. The third kappa shape index (κ3) is 8.31. The first kappa shape index (κ1) is 20.8. The zero-order valence-corrected chi connectivity index (χ0v) is 15.2. The number of hydrogen-bond donors (Lipinski definition) is 0. The van der Waals surface area contributed by atoms with Crippen LogP contribution in [0, 0.1) is 17.2 Å². The van der Waals surface area contributed by atoms with Gasteiger partial charge in [0.1, 0.15) is 0 Å². The van der Waals surface area contributed by atoms with Crippen molar-refractivity contribution in [2.75, 3.05) is 39.3 Å². The highest BCUT2D eigenvalue weighted by atomic mass is 15.3. The van der Waals surface area contributed by atoms with Gasteiger partial charge in [0.05, 0.1) is 12.6 Å². The van der Waals surface area contributed by atoms with E-state index in [4.69, 9.17) is 5.26 Å². The molecule has 0 radical (unpaired) electrons. The summed E-state index contributed by atoms with van der Waals surface area (Å²) in [4.78, 5) is 9.20. The van der Waals surface area contributed by atoms with Crippen molar-refractivity contribution in [3.05, 3.63) is 11.8 Å². The van der Waals surface area contributed by atoms with Crippen LogP contribution in [0.5, 0.6) is 0 Å². The number of hydrogen-bond acceptors (Lipinski definition) is 4. The van der Waals surface area contributed by atoms with E-state index in [1.165, 1.54) is 6.42 Å². The highest BCUT2D eigenvalue weighted by Crippen LogP contribution is 2.14. The van der Waals surface area contributed by atoms with Crippen LogP contribution in [0.3, 0.4) is 0 Å². The molecule has 0 aromatic carbocycles. The fourth-order valence-electron chi connectivity index (χ4n) is 2.56. The zero-order chi connectivity index (χ0) is 16.8. The van der Waals surface area contributed by atoms with Gasteiger partial charge in [-0.3, -0.25) is 9.89 Å². The molecule has 126 valence electrons. The second-order valence-corrected chi connectivity index (χ2v) is 5.20. The third-order valence-corrected chi connectivity index (χ3v) is 3.72. The second kappa shape index (κ2) is 13.5. The maximum atomic E-state index is 8.67. The monoisotopic (exact) mass is 306 g/mol. The Morgan fingerprint density at radius 1 is 1.14 bits per heavy atom. The number of nitriles is 1. The van der Waals surface area contributed by atoms with Gasteiger partial charge in [-0.2, -0.15) is 5.26 Å². The minimum Gasteiger partial charge on any atom is -0.300 e. The smallest absolute Gasteiger partial charge is 0.0866 e. The number of aliphatic imine (C=N–C) groups is 1. The summed E-state index contributed by atoms with van der Waals surface area (Å²) in [5.74, 6) is 0.584. The Balaban J connectivity index is 0.00000102. The highest BCUT2D eigenvalue weighted by molar-refractivity contribution is 5.63. The molecule has 22 heavy (non-hydrogen) atoms. The van der Waals surface area contributed by atoms with E-state index in [0.29, 0.717) is 12.5 Å². The van der Waals surface area contributed by atoms with Gasteiger partial charge in [-0.25, -0.2) is 0 Å². The van der Waals surface area contributed by atoms with Crippen molar-refractivity contribution < 1.29 is 0 Å². The fourth-order valence-corrected chi connectivity index (χ4v) is 2.56. The van der Waals surface area contributed by atoms with E-state index in [2.05, 4.69) is 40.1 Å². The van der Waals surface area contributed by atoms with Gasteiger partial charge in [-0.1, -0.05) is 33.8 Å². The molecule has 0 saturated carbocycles. The fraction of sp³-hybridized carbons (Fsp3) is 0.778. The molecule has 1 saturated heterocycles. The van der Waals surface area contributed by atoms with Gasteiger partial charge in [0.25, 0.3) is 0 Å². The Morgan fingerprint density at radius 2 is 1.73 bits per heavy atom. The van der Waals surface area contributed by atoms with Crippen LogP contribution in [0.1, 0.15) is 47.5 Å². The van der Waals surface area contributed by atoms with Gasteiger partial charge >= 0.3 is 0 Å². The van der Waals surface area contributed by atoms with Gasteiger partial charge in [-0.15, -0.1) is 0 Å². The zero-order valence-electron chi connectivity index (χ0n) is 15.2. The van der Waals surface area contributed by atoms with Gasteiger partial charge in [0.15, 0.2) is 0 Å². The summed E-state index contributed by atoms with van der Waals surface area (Å²) >= 11 is 0. The van der Waals surface area contributed by atoms with Crippen LogP contribution in [-0.2, 0) is 0 Å². The van der Waals surface area contributed by atoms with E-state index in [0.717, 1.165) is 44.8 Å². The molecule has 1 fully saturated rings. The molecule has 0 aromatic heterocycles. The summed E-state index contributed by atoms with van der Waals surface area (Å²) in [7, 11) is 0. The summed E-state index contributed by atoms with van der Waals surface area (Å²) in [6, 6.07) is 2.23. The standard InChI is InChI=1S/C14H22N4.2C2H6/c1-13-3-2-4-14(11-16-13)12-18-9-7-17(6-5-15)8-10-18;2*1-2/h3,11,14H,2,4,6-10,12H2,1H3;2*1-2H3. The maximum Gasteiger partial charge on any atom is 0.0866 e. The quantitative estimate of drug-likeness (QED) is 0.749. The van der Waals surface area contributed by atoms with Crippen molar-refractivity contribution in [1.82, 2.24) is 9.80 Å². The normalized spacial score (nSPS) is 22.2. The molecule has 1 atom stereocenters. The predicted molar refractivity (Wildman–Crippen MR) is 96.2 cm³/mol. The molecule has 0 N–H and O–H groups in total. The maximum absolute atomic E-state index is 8.67. The Bertz CT molecular complexity index is 360. The van der Waals surface area contributed by atoms with Crippen molar-refractivity contribution in [2.24, 2.45) is 10.9 Å². The average molecular weight is 306 g/mol. The predicted octanol–water partition coefficient (Wildman–Crippen LogP) is 3.56. The number of rotatable bonds is 3. The number of allylic oxidation sites excluding steroid dienone is 2. The van der Waals surface area contributed by atoms with Crippen molar-refractivity contribution in [3.63, 3.8) is 0 Å². The lowest BCUT2D eigenvalue weighted by Crippen LogP contribution is -2.47. The van der Waals surface area contributed by atoms with Crippen LogP contribution in [-0.4, -0.2) is 55.3 Å². The minimum atomic E-state index is 0.571. The van der Waals surface area contributed by atoms with Crippen molar-refractivity contribution in [2.45, 2.75) is 47.5 Å². The first-order valence-electron chi connectivity index (χ1n) is 8.80. The van der Waals surface area contributed by atoms with Crippen LogP contribution < -0.4 is 0 Å². The summed E-state index contributed by atoms with van der Waals surface area (Å²) < 4.78 is 0. The SMILES string of the molecule is CC.CC.CC1=CCCC(CN2CCN(CC#N)CC2)C=N1. The average Bonchev–Trinajstić information content (AvgIpc) is 2.78. The van der Waals surface area contributed by atoms with E-state index in [9.17, 15) is 0 Å². The molecule has 0 aliphatic carbocycles. The first-order valence-corrected chi connectivity index (χ1v) is 8.80. The number of piperazine rings is 1. The summed E-state index contributed by atoms with van der Waals surface area (Å²) in [6.45, 7) is 16.0. The lowest BCUT2D eigenvalue weighted by molar-refractivity contribution is 0.135. The topological polar surface area (TPSA) is 42.6 Å². The molecule has 0 bridgehead atoms. The summed E-state index contributed by atoms with van der Waals surface area (Å²) in [5.41, 5.74) is 1.15. The Hall–Kier alpha value is -1.18. The Labute approximate surface area is 137 Å². The molecule has 1 unspecified atom stereocenters. The molecule has 2 heterocycles. The van der Waals surface area contributed by atoms with Crippen LogP contribution in [0.25, 0.3) is 0 Å². The highest BCUT2D eigenvalue weighted by Gasteiger charge is 2.19. The van der Waals surface area contributed by atoms with Crippen molar-refractivity contribution in [1.29, 1.82) is 5.26 Å². The van der Waals surface area contributed by atoms with Gasteiger partial charge in [0.2, 0.25) is 0 Å². The Kier molecular flexibility index (Phi) is 12.8. The molecule has 0 spiro atoms. The van der Waals surface area contributed by atoms with E-state index >= 15 is 0 Å². The van der Waals surface area contributed by atoms with Gasteiger partial charge in [0, 0.05) is 50.6 Å². The Morgan fingerprint density at radius 3 is 2.32 bits per heavy atom. The second-order valence-electron chi connectivity index (χ2n) is 5.20. The summed E-state index contributed by atoms with van der Waals surface area (Å²) in [6.07, 6.45) is 6.70. The van der Waals surface area contributed by atoms with Crippen LogP contribution in [0.4, 0.5) is 0 Å². The van der Waals surface area contributed by atoms with Crippen LogP contribution >= 0.6 is 0 Å². The lowest BCUT2D eigenvalue weighted by atomic mass is 10.0. The molecule has 2 aliphatic rings. The lowest BCUT2D eigenvalue weighted by Gasteiger charge is -2.34. The summed E-state index contributed by atoms with van der Waals surface area (Å²) in [5, 5.41) is 8.67. The van der Waals surface area contributed by atoms with Crippen LogP contribution in [0.2, 0.25) is 0 Å².